The summed E-state index contributed by atoms with van der Waals surface area (Å²) < 4.78 is 20.3. The van der Waals surface area contributed by atoms with E-state index in [0.29, 0.717) is 33.1 Å². The molecule has 0 fully saturated rings. The number of nitrogens with zero attached hydrogens (tertiary/aromatic N) is 4. The zero-order chi connectivity index (χ0) is 23.9. The molecule has 34 heavy (non-hydrogen) atoms. The normalized spacial score (nSPS) is 10.6. The Morgan fingerprint density at radius 3 is 2.74 bits per heavy atom. The number of nitrogens with one attached hydrogen (secondary N) is 2. The van der Waals surface area contributed by atoms with E-state index in [9.17, 15) is 14.0 Å². The van der Waals surface area contributed by atoms with E-state index in [4.69, 9.17) is 4.74 Å². The van der Waals surface area contributed by atoms with Crippen molar-refractivity contribution in [2.45, 2.75) is 11.7 Å². The minimum atomic E-state index is -0.387. The molecule has 0 bridgehead atoms. The Morgan fingerprint density at radius 2 is 2.00 bits per heavy atom. The van der Waals surface area contributed by atoms with Crippen LogP contribution in [0.1, 0.15) is 16.2 Å². The lowest BCUT2D eigenvalue weighted by molar-refractivity contribution is -0.113. The van der Waals surface area contributed by atoms with Gasteiger partial charge in [0.15, 0.2) is 16.1 Å². The standard InChI is InChI=1S/C22H19FN6O3S2/c1-32-17-4-2-3-14(11-17)20(31)25-12-18-27-28-22(29(18)16-7-5-15(23)6-8-16)34-13-19(30)26-21-24-9-10-33-21/h2-11H,12-13H2,1H3,(H,25,31)(H,24,26,30). The third-order valence-electron chi connectivity index (χ3n) is 4.54. The first-order valence-electron chi connectivity index (χ1n) is 9.98. The zero-order valence-electron chi connectivity index (χ0n) is 17.9. The Balaban J connectivity index is 1.51. The largest absolute Gasteiger partial charge is 0.497 e. The topological polar surface area (TPSA) is 111 Å². The van der Waals surface area contributed by atoms with Crippen LogP contribution in [0.15, 0.2) is 65.3 Å². The third kappa shape index (κ3) is 5.77. The van der Waals surface area contributed by atoms with Crippen LogP contribution in [0.2, 0.25) is 0 Å². The van der Waals surface area contributed by atoms with Crippen LogP contribution in [0.3, 0.4) is 0 Å². The van der Waals surface area contributed by atoms with Crippen molar-refractivity contribution in [3.63, 3.8) is 0 Å². The Bertz CT molecular complexity index is 1280. The molecule has 2 amide bonds. The maximum absolute atomic E-state index is 13.5. The van der Waals surface area contributed by atoms with Crippen LogP contribution in [0, 0.1) is 5.82 Å². The van der Waals surface area contributed by atoms with Crippen LogP contribution in [0.5, 0.6) is 5.75 Å². The number of carbonyl (C=O) groups is 2. The van der Waals surface area contributed by atoms with Crippen molar-refractivity contribution in [1.82, 2.24) is 25.1 Å². The van der Waals surface area contributed by atoms with Gasteiger partial charge in [0.1, 0.15) is 11.6 Å². The maximum Gasteiger partial charge on any atom is 0.251 e. The van der Waals surface area contributed by atoms with Gasteiger partial charge in [-0.25, -0.2) is 9.37 Å². The lowest BCUT2D eigenvalue weighted by Gasteiger charge is -2.11. The fourth-order valence-electron chi connectivity index (χ4n) is 2.95. The second-order valence-corrected chi connectivity index (χ2v) is 8.64. The summed E-state index contributed by atoms with van der Waals surface area (Å²) in [4.78, 5) is 28.9. The highest BCUT2D eigenvalue weighted by molar-refractivity contribution is 7.99. The number of hydrogen-bond acceptors (Lipinski definition) is 8. The molecule has 4 rings (SSSR count). The summed E-state index contributed by atoms with van der Waals surface area (Å²) in [5.74, 6) is 0.102. The minimum absolute atomic E-state index is 0.0618. The van der Waals surface area contributed by atoms with Gasteiger partial charge in [0, 0.05) is 22.8 Å². The predicted octanol–water partition coefficient (Wildman–Crippen LogP) is 3.53. The van der Waals surface area contributed by atoms with Gasteiger partial charge in [0.25, 0.3) is 5.91 Å². The number of benzene rings is 2. The van der Waals surface area contributed by atoms with Crippen molar-refractivity contribution in [3.05, 3.63) is 77.3 Å². The molecular weight excluding hydrogens is 479 g/mol. The molecule has 0 spiro atoms. The van der Waals surface area contributed by atoms with Crippen molar-refractivity contribution in [1.29, 1.82) is 0 Å². The zero-order valence-corrected chi connectivity index (χ0v) is 19.5. The molecule has 9 nitrogen and oxygen atoms in total. The number of rotatable bonds is 9. The number of hydrogen-bond donors (Lipinski definition) is 2. The summed E-state index contributed by atoms with van der Waals surface area (Å²) in [5.41, 5.74) is 1.03. The summed E-state index contributed by atoms with van der Waals surface area (Å²) in [6, 6.07) is 12.6. The van der Waals surface area contributed by atoms with E-state index in [1.807, 2.05) is 0 Å². The molecule has 0 saturated carbocycles. The van der Waals surface area contributed by atoms with Crippen LogP contribution in [-0.2, 0) is 11.3 Å². The van der Waals surface area contributed by atoms with Gasteiger partial charge < -0.3 is 15.4 Å². The second-order valence-electron chi connectivity index (χ2n) is 6.80. The maximum atomic E-state index is 13.5. The lowest BCUT2D eigenvalue weighted by atomic mass is 10.2. The number of halogens is 1. The lowest BCUT2D eigenvalue weighted by Crippen LogP contribution is -2.24. The average Bonchev–Trinajstić information content (AvgIpc) is 3.51. The predicted molar refractivity (Wildman–Crippen MR) is 127 cm³/mol. The van der Waals surface area contributed by atoms with Crippen molar-refractivity contribution >= 4 is 40.0 Å². The number of amides is 2. The van der Waals surface area contributed by atoms with Crippen LogP contribution in [-0.4, -0.2) is 44.4 Å². The molecule has 0 unspecified atom stereocenters. The number of methoxy groups -OCH3 is 1. The van der Waals surface area contributed by atoms with E-state index < -0.39 is 0 Å². The molecule has 12 heteroatoms. The van der Waals surface area contributed by atoms with Gasteiger partial charge in [-0.3, -0.25) is 14.2 Å². The molecule has 0 saturated heterocycles. The molecule has 2 aromatic heterocycles. The van der Waals surface area contributed by atoms with E-state index >= 15 is 0 Å². The highest BCUT2D eigenvalue weighted by atomic mass is 32.2. The van der Waals surface area contributed by atoms with Gasteiger partial charge in [-0.2, -0.15) is 0 Å². The van der Waals surface area contributed by atoms with Gasteiger partial charge >= 0.3 is 0 Å². The summed E-state index contributed by atoms with van der Waals surface area (Å²) in [6.07, 6.45) is 1.60. The van der Waals surface area contributed by atoms with Gasteiger partial charge in [0.2, 0.25) is 5.91 Å². The molecular formula is C22H19FN6O3S2. The minimum Gasteiger partial charge on any atom is -0.497 e. The fraction of sp³-hybridized carbons (Fsp3) is 0.136. The molecule has 0 atom stereocenters. The highest BCUT2D eigenvalue weighted by Gasteiger charge is 2.17. The smallest absolute Gasteiger partial charge is 0.251 e. The first kappa shape index (κ1) is 23.4. The summed E-state index contributed by atoms with van der Waals surface area (Å²) in [6.45, 7) is 0.0618. The van der Waals surface area contributed by atoms with Crippen LogP contribution < -0.4 is 15.4 Å². The monoisotopic (exact) mass is 498 g/mol. The Labute approximate surface area is 202 Å². The van der Waals surface area contributed by atoms with Gasteiger partial charge in [-0.15, -0.1) is 21.5 Å². The van der Waals surface area contributed by atoms with Crippen LogP contribution >= 0.6 is 23.1 Å². The fourth-order valence-corrected chi connectivity index (χ4v) is 4.27. The number of thioether (sulfide) groups is 1. The number of aromatic nitrogens is 4. The SMILES string of the molecule is COc1cccc(C(=O)NCc2nnc(SCC(=O)Nc3nccs3)n2-c2ccc(F)cc2)c1. The molecule has 174 valence electrons. The molecule has 2 N–H and O–H groups in total. The molecule has 0 radical (unpaired) electrons. The number of carbonyl (C=O) groups excluding carboxylic acids is 2. The average molecular weight is 499 g/mol. The molecule has 2 aromatic carbocycles. The Morgan fingerprint density at radius 1 is 1.18 bits per heavy atom. The van der Waals surface area contributed by atoms with Crippen molar-refractivity contribution in [3.8, 4) is 11.4 Å². The number of ether oxygens (including phenoxy) is 1. The second kappa shape index (κ2) is 10.9. The highest BCUT2D eigenvalue weighted by Crippen LogP contribution is 2.23. The Hall–Kier alpha value is -3.77. The first-order chi connectivity index (χ1) is 16.5. The number of thiazole rings is 1. The van der Waals surface area contributed by atoms with Gasteiger partial charge in [-0.05, 0) is 42.5 Å². The van der Waals surface area contributed by atoms with E-state index in [1.165, 1.54) is 30.6 Å². The van der Waals surface area contributed by atoms with Gasteiger partial charge in [-0.1, -0.05) is 17.8 Å². The van der Waals surface area contributed by atoms with E-state index in [0.717, 1.165) is 11.8 Å². The summed E-state index contributed by atoms with van der Waals surface area (Å²) >= 11 is 2.48. The van der Waals surface area contributed by atoms with E-state index in [1.54, 1.807) is 52.5 Å². The first-order valence-corrected chi connectivity index (χ1v) is 11.8. The van der Waals surface area contributed by atoms with Crippen molar-refractivity contribution < 1.29 is 18.7 Å². The Kier molecular flexibility index (Phi) is 7.50. The molecule has 2 heterocycles. The molecule has 0 aliphatic heterocycles. The van der Waals surface area contributed by atoms with Gasteiger partial charge in [0.05, 0.1) is 19.4 Å². The quantitative estimate of drug-likeness (QED) is 0.340. The van der Waals surface area contributed by atoms with Crippen LogP contribution in [0.4, 0.5) is 9.52 Å². The summed E-state index contributed by atoms with van der Waals surface area (Å²) in [5, 5.41) is 16.6. The molecule has 0 aliphatic carbocycles. The number of anilines is 1. The van der Waals surface area contributed by atoms with Crippen LogP contribution in [0.25, 0.3) is 5.69 Å². The van der Waals surface area contributed by atoms with Crippen molar-refractivity contribution in [2.24, 2.45) is 0 Å². The third-order valence-corrected chi connectivity index (χ3v) is 6.15. The van der Waals surface area contributed by atoms with Crippen molar-refractivity contribution in [2.75, 3.05) is 18.2 Å². The van der Waals surface area contributed by atoms with E-state index in [2.05, 4.69) is 25.8 Å². The molecule has 4 aromatic rings. The summed E-state index contributed by atoms with van der Waals surface area (Å²) in [7, 11) is 1.53. The van der Waals surface area contributed by atoms with E-state index in [-0.39, 0.29) is 29.9 Å². The molecule has 0 aliphatic rings.